The lowest BCUT2D eigenvalue weighted by molar-refractivity contribution is 0.198. The zero-order valence-corrected chi connectivity index (χ0v) is 8.95. The summed E-state index contributed by atoms with van der Waals surface area (Å²) < 4.78 is 5.51. The van der Waals surface area contributed by atoms with Crippen LogP contribution in [0.5, 0.6) is 6.01 Å². The number of hydrogen-bond acceptors (Lipinski definition) is 4. The molecule has 14 heavy (non-hydrogen) atoms. The molecule has 78 valence electrons. The Kier molecular flexibility index (Phi) is 3.83. The van der Waals surface area contributed by atoms with E-state index in [0.717, 1.165) is 17.8 Å². The van der Waals surface area contributed by atoms with Gasteiger partial charge in [-0.25, -0.2) is 4.98 Å². The molecular weight excluding hydrogens is 178 g/mol. The highest BCUT2D eigenvalue weighted by atomic mass is 16.5. The highest BCUT2D eigenvalue weighted by Crippen LogP contribution is 2.09. The van der Waals surface area contributed by atoms with Gasteiger partial charge >= 0.3 is 6.01 Å². The van der Waals surface area contributed by atoms with Gasteiger partial charge in [0.15, 0.2) is 0 Å². The van der Waals surface area contributed by atoms with Crippen molar-refractivity contribution in [3.63, 3.8) is 0 Å². The number of aromatic nitrogens is 2. The van der Waals surface area contributed by atoms with E-state index in [4.69, 9.17) is 10.5 Å². The van der Waals surface area contributed by atoms with Crippen LogP contribution in [0.25, 0.3) is 0 Å². The predicted octanol–water partition coefficient (Wildman–Crippen LogP) is 1.42. The molecule has 1 aromatic heterocycles. The van der Waals surface area contributed by atoms with Gasteiger partial charge in [0, 0.05) is 12.2 Å². The summed E-state index contributed by atoms with van der Waals surface area (Å²) in [6.45, 7) is 6.38. The van der Waals surface area contributed by atoms with Crippen molar-refractivity contribution in [2.45, 2.75) is 39.8 Å². The average molecular weight is 195 g/mol. The lowest BCUT2D eigenvalue weighted by atomic mass is 10.3. The zero-order chi connectivity index (χ0) is 10.6. The van der Waals surface area contributed by atoms with E-state index < -0.39 is 0 Å². The minimum absolute atomic E-state index is 0.141. The molecule has 0 saturated heterocycles. The molecule has 2 N–H and O–H groups in total. The molecule has 0 aliphatic carbocycles. The third-order valence-electron chi connectivity index (χ3n) is 1.98. The monoisotopic (exact) mass is 195 g/mol. The van der Waals surface area contributed by atoms with Crippen molar-refractivity contribution in [3.05, 3.63) is 17.5 Å². The van der Waals surface area contributed by atoms with Gasteiger partial charge in [0.2, 0.25) is 0 Å². The van der Waals surface area contributed by atoms with E-state index >= 15 is 0 Å². The molecule has 0 aromatic carbocycles. The summed E-state index contributed by atoms with van der Waals surface area (Å²) in [6.07, 6.45) is 1.08. The summed E-state index contributed by atoms with van der Waals surface area (Å²) in [5.41, 5.74) is 7.21. The van der Waals surface area contributed by atoms with Crippen LogP contribution in [-0.2, 0) is 6.54 Å². The molecule has 1 aromatic rings. The number of aryl methyl sites for hydroxylation is 1. The Bertz CT molecular complexity index is 301. The molecule has 0 fully saturated rings. The van der Waals surface area contributed by atoms with Crippen molar-refractivity contribution >= 4 is 0 Å². The van der Waals surface area contributed by atoms with Crippen molar-refractivity contribution in [2.75, 3.05) is 0 Å². The summed E-state index contributed by atoms with van der Waals surface area (Å²) >= 11 is 0. The van der Waals surface area contributed by atoms with Crippen molar-refractivity contribution in [1.82, 2.24) is 9.97 Å². The maximum absolute atomic E-state index is 5.51. The van der Waals surface area contributed by atoms with Gasteiger partial charge in [-0.05, 0) is 26.3 Å². The first-order valence-corrected chi connectivity index (χ1v) is 4.87. The van der Waals surface area contributed by atoms with Gasteiger partial charge in [-0.1, -0.05) is 6.92 Å². The van der Waals surface area contributed by atoms with Crippen LogP contribution in [0.3, 0.4) is 0 Å². The summed E-state index contributed by atoms with van der Waals surface area (Å²) in [5, 5.41) is 0. The Morgan fingerprint density at radius 2 is 2.21 bits per heavy atom. The van der Waals surface area contributed by atoms with E-state index in [-0.39, 0.29) is 6.10 Å². The van der Waals surface area contributed by atoms with Crippen LogP contribution in [-0.4, -0.2) is 16.1 Å². The van der Waals surface area contributed by atoms with Gasteiger partial charge < -0.3 is 10.5 Å². The summed E-state index contributed by atoms with van der Waals surface area (Å²) in [6, 6.07) is 2.29. The highest BCUT2D eigenvalue weighted by Gasteiger charge is 2.05. The minimum Gasteiger partial charge on any atom is -0.460 e. The fourth-order valence-corrected chi connectivity index (χ4v) is 1.02. The van der Waals surface area contributed by atoms with Crippen molar-refractivity contribution in [1.29, 1.82) is 0 Å². The Morgan fingerprint density at radius 3 is 2.79 bits per heavy atom. The Balaban J connectivity index is 2.81. The standard InChI is InChI=1S/C10H17N3O/c1-4-8(3)14-10-12-7(2)5-9(6-11)13-10/h5,8H,4,6,11H2,1-3H3. The van der Waals surface area contributed by atoms with Gasteiger partial charge in [0.05, 0.1) is 11.8 Å². The zero-order valence-electron chi connectivity index (χ0n) is 8.95. The quantitative estimate of drug-likeness (QED) is 0.789. The van der Waals surface area contributed by atoms with Crippen molar-refractivity contribution < 1.29 is 4.74 Å². The van der Waals surface area contributed by atoms with E-state index in [1.165, 1.54) is 0 Å². The first-order valence-electron chi connectivity index (χ1n) is 4.87. The van der Waals surface area contributed by atoms with Gasteiger partial charge in [-0.3, -0.25) is 0 Å². The van der Waals surface area contributed by atoms with Crippen LogP contribution in [0.2, 0.25) is 0 Å². The first-order chi connectivity index (χ1) is 6.65. The number of hydrogen-bond donors (Lipinski definition) is 1. The van der Waals surface area contributed by atoms with Crippen LogP contribution in [0.15, 0.2) is 6.07 Å². The maximum Gasteiger partial charge on any atom is 0.317 e. The summed E-state index contributed by atoms with van der Waals surface area (Å²) in [4.78, 5) is 8.36. The van der Waals surface area contributed by atoms with Crippen LogP contribution in [0.1, 0.15) is 31.7 Å². The third kappa shape index (κ3) is 2.96. The molecular formula is C10H17N3O. The molecule has 1 heterocycles. The van der Waals surface area contributed by atoms with E-state index in [2.05, 4.69) is 16.9 Å². The number of nitrogens with two attached hydrogens (primary N) is 1. The molecule has 0 amide bonds. The van der Waals surface area contributed by atoms with Gasteiger partial charge in [0.25, 0.3) is 0 Å². The molecule has 1 rings (SSSR count). The molecule has 4 heteroatoms. The van der Waals surface area contributed by atoms with Crippen LogP contribution >= 0.6 is 0 Å². The molecule has 0 aliphatic rings. The smallest absolute Gasteiger partial charge is 0.317 e. The van der Waals surface area contributed by atoms with Crippen molar-refractivity contribution in [2.24, 2.45) is 5.73 Å². The topological polar surface area (TPSA) is 61.0 Å². The molecule has 4 nitrogen and oxygen atoms in total. The fourth-order valence-electron chi connectivity index (χ4n) is 1.02. The second-order valence-corrected chi connectivity index (χ2v) is 3.32. The minimum atomic E-state index is 0.141. The van der Waals surface area contributed by atoms with E-state index in [0.29, 0.717) is 12.6 Å². The second-order valence-electron chi connectivity index (χ2n) is 3.32. The number of nitrogens with zero attached hydrogens (tertiary/aromatic N) is 2. The lowest BCUT2D eigenvalue weighted by Crippen LogP contribution is -2.13. The lowest BCUT2D eigenvalue weighted by Gasteiger charge is -2.11. The Labute approximate surface area is 84.5 Å². The van der Waals surface area contributed by atoms with Gasteiger partial charge in [-0.15, -0.1) is 0 Å². The van der Waals surface area contributed by atoms with Gasteiger partial charge in [0.1, 0.15) is 0 Å². The largest absolute Gasteiger partial charge is 0.460 e. The molecule has 1 atom stereocenters. The molecule has 0 saturated carbocycles. The molecule has 0 aliphatic heterocycles. The van der Waals surface area contributed by atoms with E-state index in [9.17, 15) is 0 Å². The first kappa shape index (κ1) is 10.9. The Hall–Kier alpha value is -1.16. The van der Waals surface area contributed by atoms with Crippen LogP contribution in [0, 0.1) is 6.92 Å². The maximum atomic E-state index is 5.51. The van der Waals surface area contributed by atoms with Gasteiger partial charge in [-0.2, -0.15) is 4.98 Å². The SMILES string of the molecule is CCC(C)Oc1nc(C)cc(CN)n1. The molecule has 0 spiro atoms. The Morgan fingerprint density at radius 1 is 1.50 bits per heavy atom. The third-order valence-corrected chi connectivity index (χ3v) is 1.98. The predicted molar refractivity (Wildman–Crippen MR) is 55.0 cm³/mol. The van der Waals surface area contributed by atoms with Crippen molar-refractivity contribution in [3.8, 4) is 6.01 Å². The normalized spacial score (nSPS) is 12.6. The summed E-state index contributed by atoms with van der Waals surface area (Å²) in [7, 11) is 0. The second kappa shape index (κ2) is 4.91. The van der Waals surface area contributed by atoms with Crippen LogP contribution in [0.4, 0.5) is 0 Å². The average Bonchev–Trinajstić information content (AvgIpc) is 2.16. The summed E-state index contributed by atoms with van der Waals surface area (Å²) in [5.74, 6) is 0. The van der Waals surface area contributed by atoms with E-state index in [1.807, 2.05) is 19.9 Å². The molecule has 1 unspecified atom stereocenters. The number of rotatable bonds is 4. The molecule has 0 radical (unpaired) electrons. The van der Waals surface area contributed by atoms with Crippen LogP contribution < -0.4 is 10.5 Å². The van der Waals surface area contributed by atoms with E-state index in [1.54, 1.807) is 0 Å². The molecule has 0 bridgehead atoms. The number of ether oxygens (including phenoxy) is 1. The fraction of sp³-hybridized carbons (Fsp3) is 0.600. The highest BCUT2D eigenvalue weighted by molar-refractivity contribution is 5.12.